The van der Waals surface area contributed by atoms with Crippen LogP contribution in [0.5, 0.6) is 0 Å². The lowest BCUT2D eigenvalue weighted by Gasteiger charge is -2.31. The number of rotatable bonds is 31. The first-order chi connectivity index (χ1) is 30.2. The average molecular weight is 1010 g/mol. The fourth-order valence-electron chi connectivity index (χ4n) is 8.26. The lowest BCUT2D eigenvalue weighted by atomic mass is 9.80. The molecule has 0 bridgehead atoms. The molecule has 0 saturated carbocycles. The minimum Gasteiger partial charge on any atom is -1.00 e. The summed E-state index contributed by atoms with van der Waals surface area (Å²) in [5.41, 5.74) is 5.33. The van der Waals surface area contributed by atoms with Crippen LogP contribution in [0.4, 0.5) is 11.4 Å². The van der Waals surface area contributed by atoms with Gasteiger partial charge in [-0.3, -0.25) is 0 Å². The van der Waals surface area contributed by atoms with Crippen LogP contribution >= 0.6 is 0 Å². The molecule has 64 heavy (non-hydrogen) atoms. The molecule has 1 N–H and O–H groups in total. The summed E-state index contributed by atoms with van der Waals surface area (Å²) in [5, 5.41) is 3.67. The van der Waals surface area contributed by atoms with Gasteiger partial charge in [-0.1, -0.05) is 160 Å². The maximum absolute atomic E-state index is 14.7. The number of ether oxygens (including phenoxy) is 2. The molecule has 1 aliphatic heterocycles. The molecule has 0 unspecified atom stereocenters. The molecule has 0 spiro atoms. The molecule has 1 aliphatic rings. The van der Waals surface area contributed by atoms with E-state index >= 15 is 0 Å². The van der Waals surface area contributed by atoms with Gasteiger partial charge in [0.25, 0.3) is 0 Å². The Bertz CT molecular complexity index is 1690. The van der Waals surface area contributed by atoms with E-state index in [1.54, 1.807) is 0 Å². The highest BCUT2D eigenvalue weighted by Crippen LogP contribution is 2.40. The summed E-state index contributed by atoms with van der Waals surface area (Å²) in [7, 11) is 8.09. The Balaban J connectivity index is 0.00000704. The summed E-state index contributed by atoms with van der Waals surface area (Å²) in [6.45, 7) is 5.95. The van der Waals surface area contributed by atoms with Crippen LogP contribution in [0.3, 0.4) is 0 Å². The fourth-order valence-corrected chi connectivity index (χ4v) is 8.26. The van der Waals surface area contributed by atoms with E-state index in [1.807, 2.05) is 83.3 Å². The van der Waals surface area contributed by atoms with Crippen molar-refractivity contribution in [1.29, 1.82) is 0 Å². The number of esters is 2. The van der Waals surface area contributed by atoms with Gasteiger partial charge in [-0.15, -0.1) is 0 Å². The molecular weight excluding hydrogens is 930 g/mol. The predicted molar refractivity (Wildman–Crippen MR) is 254 cm³/mol. The summed E-state index contributed by atoms with van der Waals surface area (Å²) in [5.74, 6) is -1.49. The summed E-state index contributed by atoms with van der Waals surface area (Å²) in [6, 6.07) is 18.2. The van der Waals surface area contributed by atoms with Crippen molar-refractivity contribution in [1.82, 2.24) is 5.32 Å². The quantitative estimate of drug-likeness (QED) is 0.0558. The number of aromatic nitrogens is 2. The number of hydrogen-bond acceptors (Lipinski definition) is 7. The van der Waals surface area contributed by atoms with E-state index in [1.165, 1.54) is 89.9 Å². The molecule has 9 nitrogen and oxygen atoms in total. The maximum atomic E-state index is 14.7. The first-order valence-electron chi connectivity index (χ1n) is 24.2. The number of carbonyl (C=O) groups excluding carboxylic acids is 2. The molecular formula is C53H81Br2N5O4. The Morgan fingerprint density at radius 1 is 0.500 bits per heavy atom. The van der Waals surface area contributed by atoms with Crippen molar-refractivity contribution in [3.63, 3.8) is 0 Å². The molecule has 0 radical (unpaired) electrons. The second-order valence-electron chi connectivity index (χ2n) is 17.6. The Morgan fingerprint density at radius 3 is 1.16 bits per heavy atom. The van der Waals surface area contributed by atoms with E-state index in [9.17, 15) is 9.59 Å². The number of nitrogens with one attached hydrogen (secondary N) is 1. The van der Waals surface area contributed by atoms with Crippen LogP contribution in [0.25, 0.3) is 0 Å². The second-order valence-corrected chi connectivity index (χ2v) is 17.6. The molecule has 3 heterocycles. The van der Waals surface area contributed by atoms with Crippen molar-refractivity contribution in [3.05, 3.63) is 107 Å². The van der Waals surface area contributed by atoms with Crippen molar-refractivity contribution in [3.8, 4) is 0 Å². The van der Waals surface area contributed by atoms with Crippen molar-refractivity contribution < 1.29 is 62.2 Å². The molecule has 1 aromatic carbocycles. The zero-order chi connectivity index (χ0) is 44.4. The molecule has 11 heteroatoms. The summed E-state index contributed by atoms with van der Waals surface area (Å²) in [4.78, 5) is 33.5. The highest BCUT2D eigenvalue weighted by Gasteiger charge is 2.42. The number of benzene rings is 1. The van der Waals surface area contributed by atoms with Crippen LogP contribution in [0.1, 0.15) is 154 Å². The third kappa shape index (κ3) is 19.8. The van der Waals surface area contributed by atoms with Gasteiger partial charge in [0.2, 0.25) is 0 Å². The predicted octanol–water partition coefficient (Wildman–Crippen LogP) is 4.93. The van der Waals surface area contributed by atoms with Gasteiger partial charge in [0, 0.05) is 63.8 Å². The smallest absolute Gasteiger partial charge is 0.337 e. The van der Waals surface area contributed by atoms with Gasteiger partial charge < -0.3 is 58.6 Å². The molecule has 2 aromatic heterocycles. The van der Waals surface area contributed by atoms with Gasteiger partial charge in [-0.25, -0.2) is 9.59 Å². The lowest BCUT2D eigenvalue weighted by Crippen LogP contribution is -3.00. The number of nitrogens with zero attached hydrogens (tertiary/aromatic N) is 4. The Labute approximate surface area is 408 Å². The lowest BCUT2D eigenvalue weighted by molar-refractivity contribution is -0.691. The van der Waals surface area contributed by atoms with E-state index in [-0.39, 0.29) is 34.0 Å². The van der Waals surface area contributed by atoms with Crippen LogP contribution in [0.2, 0.25) is 0 Å². The summed E-state index contributed by atoms with van der Waals surface area (Å²) in [6.07, 6.45) is 32.1. The maximum Gasteiger partial charge on any atom is 0.337 e. The zero-order valence-electron chi connectivity index (χ0n) is 40.2. The summed E-state index contributed by atoms with van der Waals surface area (Å²) >= 11 is 0. The molecule has 4 rings (SSSR count). The van der Waals surface area contributed by atoms with Crippen LogP contribution < -0.4 is 58.2 Å². The van der Waals surface area contributed by atoms with Crippen LogP contribution in [0, 0.1) is 0 Å². The highest BCUT2D eigenvalue weighted by atomic mass is 79.9. The van der Waals surface area contributed by atoms with Gasteiger partial charge in [0.05, 0.1) is 41.7 Å². The number of carbonyl (C=O) groups is 2. The highest BCUT2D eigenvalue weighted by molar-refractivity contribution is 6.00. The van der Waals surface area contributed by atoms with Crippen molar-refractivity contribution in [2.45, 2.75) is 161 Å². The second kappa shape index (κ2) is 32.9. The van der Waals surface area contributed by atoms with Crippen molar-refractivity contribution >= 4 is 23.3 Å². The number of allylic oxidation sites excluding steroid dienone is 2. The first kappa shape index (κ1) is 56.4. The largest absolute Gasteiger partial charge is 1.00 e. The normalized spacial score (nSPS) is 12.6. The average Bonchev–Trinajstić information content (AvgIpc) is 3.27. The van der Waals surface area contributed by atoms with Gasteiger partial charge in [-0.05, 0) is 18.4 Å². The van der Waals surface area contributed by atoms with Gasteiger partial charge >= 0.3 is 11.9 Å². The fraction of sp³-hybridized carbons (Fsp3) is 0.585. The Hall–Kier alpha value is -3.70. The minimum atomic E-state index is -0.689. The minimum absolute atomic E-state index is 0. The molecule has 356 valence electrons. The third-order valence-electron chi connectivity index (χ3n) is 12.0. The number of dihydropyridines is 1. The summed E-state index contributed by atoms with van der Waals surface area (Å²) < 4.78 is 16.5. The number of pyridine rings is 2. The molecule has 0 fully saturated rings. The number of halogens is 2. The Morgan fingerprint density at radius 2 is 0.828 bits per heavy atom. The third-order valence-corrected chi connectivity index (χ3v) is 12.0. The molecule has 0 atom stereocenters. The van der Waals surface area contributed by atoms with E-state index in [2.05, 4.69) is 62.4 Å². The SMILES string of the molecule is CCCCCCCCCCCCOC(=O)C1=C(C[n+]2ccc(N(C)C)cc2)NC(C[n+]2ccc(N(C)C)cc2)=C(C(=O)OCCCCCCCCCCCC)C1c1ccccc1.[Br-].[Br-]. The number of anilines is 2. The first-order valence-corrected chi connectivity index (χ1v) is 24.2. The van der Waals surface area contributed by atoms with Crippen LogP contribution in [-0.4, -0.2) is 53.3 Å². The molecule has 0 amide bonds. The van der Waals surface area contributed by atoms with Crippen LogP contribution in [0.15, 0.2) is 102 Å². The molecule has 0 aliphatic carbocycles. The van der Waals surface area contributed by atoms with Crippen molar-refractivity contribution in [2.24, 2.45) is 0 Å². The van der Waals surface area contributed by atoms with E-state index in [0.717, 1.165) is 55.5 Å². The molecule has 3 aromatic rings. The van der Waals surface area contributed by atoms with Crippen LogP contribution in [-0.2, 0) is 32.2 Å². The number of hydrogen-bond donors (Lipinski definition) is 1. The van der Waals surface area contributed by atoms with Gasteiger partial charge in [0.1, 0.15) is 0 Å². The van der Waals surface area contributed by atoms with E-state index in [0.29, 0.717) is 48.8 Å². The Kier molecular flexibility index (Phi) is 29.0. The zero-order valence-corrected chi connectivity index (χ0v) is 43.4. The van der Waals surface area contributed by atoms with Gasteiger partial charge in [-0.2, -0.15) is 9.13 Å². The van der Waals surface area contributed by atoms with E-state index in [4.69, 9.17) is 9.47 Å². The van der Waals surface area contributed by atoms with E-state index < -0.39 is 17.9 Å². The molecule has 0 saturated heterocycles. The van der Waals surface area contributed by atoms with Gasteiger partial charge in [0.15, 0.2) is 37.9 Å². The van der Waals surface area contributed by atoms with Crippen molar-refractivity contribution in [2.75, 3.05) is 51.2 Å². The monoisotopic (exact) mass is 1010 g/mol. The number of unbranched alkanes of at least 4 members (excludes halogenated alkanes) is 18. The topological polar surface area (TPSA) is 78.9 Å². The standard InChI is InChI=1S/C53H80N5O4.2BrH/c1-7-9-11-13-15-17-19-21-23-28-40-61-52(59)50-47(42-57-36-32-45(33-37-57)55(3)4)54-48(43-58-38-34-46(35-39-58)56(5)6)51(49(50)44-30-26-25-27-31-44)53(60)62-41-29-24-22-20-18-16-14-12-10-8-2;;/h25-27,30-39,49H,7-24,28-29,40-43H2,1-6H3;2*1H/q+1;;/p-1.